The van der Waals surface area contributed by atoms with Crippen molar-refractivity contribution in [3.05, 3.63) is 69.2 Å². The molecule has 4 rings (SSSR count). The molecule has 122 valence electrons. The van der Waals surface area contributed by atoms with Crippen molar-refractivity contribution in [1.29, 1.82) is 0 Å². The minimum Gasteiger partial charge on any atom is -1.00 e. The lowest BCUT2D eigenvalue weighted by Crippen LogP contribution is -3.00. The Hall–Kier alpha value is -2.88. The van der Waals surface area contributed by atoms with Crippen molar-refractivity contribution in [2.45, 2.75) is 6.92 Å². The molecule has 0 saturated carbocycles. The number of phenolic OH excluding ortho intramolecular Hbond substituents is 2. The quantitative estimate of drug-likeness (QED) is 0.331. The lowest BCUT2D eigenvalue weighted by molar-refractivity contribution is -0.00000812. The molecule has 5 nitrogen and oxygen atoms in total. The van der Waals surface area contributed by atoms with Gasteiger partial charge in [0.2, 0.25) is 5.76 Å². The molecule has 1 aromatic carbocycles. The van der Waals surface area contributed by atoms with Gasteiger partial charge in [-0.1, -0.05) is 0 Å². The first-order valence-corrected chi connectivity index (χ1v) is 7.16. The number of fused-ring (bicyclic) bond motifs is 3. The summed E-state index contributed by atoms with van der Waals surface area (Å²) in [4.78, 5) is 2.04. The second-order valence-electron chi connectivity index (χ2n) is 5.69. The first-order valence-electron chi connectivity index (χ1n) is 7.16. The van der Waals surface area contributed by atoms with Crippen LogP contribution in [0, 0.1) is 6.08 Å². The number of halogens is 1. The summed E-state index contributed by atoms with van der Waals surface area (Å²) in [6, 6.07) is 3.05. The minimum absolute atomic E-state index is 0. The van der Waals surface area contributed by atoms with Gasteiger partial charge < -0.3 is 37.7 Å². The van der Waals surface area contributed by atoms with Crippen LogP contribution in [-0.4, -0.2) is 31.9 Å². The maximum absolute atomic E-state index is 9.76. The van der Waals surface area contributed by atoms with Crippen LogP contribution in [0.15, 0.2) is 52.6 Å². The van der Waals surface area contributed by atoms with Crippen molar-refractivity contribution in [3.8, 4) is 11.5 Å². The van der Waals surface area contributed by atoms with Gasteiger partial charge in [0.25, 0.3) is 0 Å². The van der Waals surface area contributed by atoms with Crippen LogP contribution in [0.25, 0.3) is 11.8 Å². The van der Waals surface area contributed by atoms with E-state index < -0.39 is 0 Å². The number of hydrogen-bond donors (Lipinski definition) is 4. The lowest BCUT2D eigenvalue weighted by Gasteiger charge is -2.29. The number of nitrogens with zero attached hydrogens (tertiary/aromatic N) is 1. The fourth-order valence-electron chi connectivity index (χ4n) is 3.12. The SMILES string of the molecule is CC1=c2cc(O)c(O)cc2=CC2=C3[C+]=C(O)C(O)=CC3=CCN21.[Cl-]. The molecule has 0 atom stereocenters. The molecule has 4 N–H and O–H groups in total. The predicted molar refractivity (Wildman–Crippen MR) is 84.5 cm³/mol. The van der Waals surface area contributed by atoms with Gasteiger partial charge in [0.05, 0.1) is 24.3 Å². The summed E-state index contributed by atoms with van der Waals surface area (Å²) >= 11 is 0. The molecule has 6 heteroatoms. The zero-order chi connectivity index (χ0) is 16.3. The van der Waals surface area contributed by atoms with E-state index in [4.69, 9.17) is 0 Å². The zero-order valence-electron chi connectivity index (χ0n) is 12.7. The molecule has 1 aromatic rings. The van der Waals surface area contributed by atoms with Gasteiger partial charge in [-0.05, 0) is 30.4 Å². The third-order valence-corrected chi connectivity index (χ3v) is 4.34. The highest BCUT2D eigenvalue weighted by Crippen LogP contribution is 2.34. The van der Waals surface area contributed by atoms with Crippen molar-refractivity contribution in [3.63, 3.8) is 0 Å². The normalized spacial score (nSPS) is 18.0. The van der Waals surface area contributed by atoms with Crippen LogP contribution in [0.2, 0.25) is 0 Å². The van der Waals surface area contributed by atoms with Crippen molar-refractivity contribution in [1.82, 2.24) is 4.90 Å². The number of aliphatic hydroxyl groups is 2. The zero-order valence-corrected chi connectivity index (χ0v) is 13.5. The van der Waals surface area contributed by atoms with E-state index in [1.165, 1.54) is 12.1 Å². The second-order valence-corrected chi connectivity index (χ2v) is 5.69. The summed E-state index contributed by atoms with van der Waals surface area (Å²) in [5.41, 5.74) is 3.23. The Morgan fingerprint density at radius 2 is 1.75 bits per heavy atom. The first-order chi connectivity index (χ1) is 11.0. The summed E-state index contributed by atoms with van der Waals surface area (Å²) in [5, 5.41) is 40.5. The van der Waals surface area contributed by atoms with Crippen molar-refractivity contribution in [2.24, 2.45) is 0 Å². The van der Waals surface area contributed by atoms with Gasteiger partial charge in [-0.15, -0.1) is 0 Å². The Labute approximate surface area is 144 Å². The fraction of sp³-hybridized carbons (Fsp3) is 0.111. The van der Waals surface area contributed by atoms with E-state index in [1.807, 2.05) is 24.0 Å². The maximum Gasteiger partial charge on any atom is 0.300 e. The summed E-state index contributed by atoms with van der Waals surface area (Å²) in [5.74, 6) is -0.831. The summed E-state index contributed by atoms with van der Waals surface area (Å²) < 4.78 is 0. The highest BCUT2D eigenvalue weighted by molar-refractivity contribution is 5.70. The van der Waals surface area contributed by atoms with Crippen molar-refractivity contribution < 1.29 is 32.8 Å². The van der Waals surface area contributed by atoms with Gasteiger partial charge in [0.1, 0.15) is 5.70 Å². The number of aliphatic hydroxyl groups excluding tert-OH is 2. The number of rotatable bonds is 0. The number of benzene rings is 1. The molecule has 0 radical (unpaired) electrons. The molecule has 0 unspecified atom stereocenters. The average Bonchev–Trinajstić information content (AvgIpc) is 2.51. The molecule has 0 saturated heterocycles. The van der Waals surface area contributed by atoms with E-state index in [0.29, 0.717) is 12.1 Å². The van der Waals surface area contributed by atoms with Gasteiger partial charge in [-0.2, -0.15) is 0 Å². The van der Waals surface area contributed by atoms with Gasteiger partial charge in [-0.3, -0.25) is 0 Å². The van der Waals surface area contributed by atoms with Crippen LogP contribution >= 0.6 is 0 Å². The fourth-order valence-corrected chi connectivity index (χ4v) is 3.12. The molecule has 0 fully saturated rings. The molecule has 0 aromatic heterocycles. The monoisotopic (exact) mass is 343 g/mol. The third-order valence-electron chi connectivity index (χ3n) is 4.34. The van der Waals surface area contributed by atoms with E-state index in [0.717, 1.165) is 27.4 Å². The molecule has 1 aliphatic carbocycles. The molecule has 0 bridgehead atoms. The third kappa shape index (κ3) is 2.14. The average molecular weight is 344 g/mol. The van der Waals surface area contributed by atoms with Gasteiger partial charge >= 0.3 is 5.76 Å². The van der Waals surface area contributed by atoms with E-state index in [-0.39, 0.29) is 35.4 Å². The molecule has 24 heavy (non-hydrogen) atoms. The highest BCUT2D eigenvalue weighted by atomic mass is 35.5. The smallest absolute Gasteiger partial charge is 0.300 e. The molecule has 0 spiro atoms. The molecule has 0 amide bonds. The summed E-state index contributed by atoms with van der Waals surface area (Å²) in [6.07, 6.45) is 8.14. The number of hydrogen-bond acceptors (Lipinski definition) is 5. The van der Waals surface area contributed by atoms with Crippen LogP contribution in [0.4, 0.5) is 0 Å². The topological polar surface area (TPSA) is 84.2 Å². The van der Waals surface area contributed by atoms with E-state index in [1.54, 1.807) is 6.07 Å². The molecule has 3 aliphatic rings. The largest absolute Gasteiger partial charge is 1.00 e. The van der Waals surface area contributed by atoms with Crippen LogP contribution in [0.3, 0.4) is 0 Å². The Kier molecular flexibility index (Phi) is 3.56. The summed E-state index contributed by atoms with van der Waals surface area (Å²) in [7, 11) is 0. The minimum atomic E-state index is -0.295. The van der Waals surface area contributed by atoms with Crippen LogP contribution in [-0.2, 0) is 0 Å². The van der Waals surface area contributed by atoms with Crippen molar-refractivity contribution >= 4 is 11.8 Å². The van der Waals surface area contributed by atoms with Gasteiger partial charge in [0, 0.05) is 17.0 Å². The molecule has 2 aliphatic heterocycles. The second kappa shape index (κ2) is 5.34. The predicted octanol–water partition coefficient (Wildman–Crippen LogP) is -1.78. The Morgan fingerprint density at radius 3 is 2.50 bits per heavy atom. The molecular formula is C18H14ClNO4. The Morgan fingerprint density at radius 1 is 1.04 bits per heavy atom. The molecular weight excluding hydrogens is 330 g/mol. The van der Waals surface area contributed by atoms with Gasteiger partial charge in [0.15, 0.2) is 17.1 Å². The summed E-state index contributed by atoms with van der Waals surface area (Å²) in [6.45, 7) is 2.53. The van der Waals surface area contributed by atoms with E-state index in [9.17, 15) is 20.4 Å². The maximum atomic E-state index is 9.76. The van der Waals surface area contributed by atoms with Gasteiger partial charge in [-0.25, -0.2) is 0 Å². The molecule has 2 heterocycles. The van der Waals surface area contributed by atoms with E-state index in [2.05, 4.69) is 6.08 Å². The van der Waals surface area contributed by atoms with Crippen molar-refractivity contribution in [2.75, 3.05) is 6.54 Å². The number of phenols is 2. The van der Waals surface area contributed by atoms with Crippen LogP contribution in [0.5, 0.6) is 11.5 Å². The lowest BCUT2D eigenvalue weighted by atomic mass is 9.91. The Balaban J connectivity index is 0.00000169. The van der Waals surface area contributed by atoms with Crippen LogP contribution < -0.4 is 22.8 Å². The highest BCUT2D eigenvalue weighted by Gasteiger charge is 2.33. The Bertz CT molecular complexity index is 999. The van der Waals surface area contributed by atoms with E-state index >= 15 is 0 Å². The number of allylic oxidation sites excluding steroid dienone is 5. The van der Waals surface area contributed by atoms with Crippen LogP contribution in [0.1, 0.15) is 6.92 Å². The number of aromatic hydroxyl groups is 2. The standard InChI is InChI=1S/C18H13NO4.ClH/c1-9-12-7-17(22)16(21)6-11(12)4-14-13-8-18(23)15(20)5-10(13)2-3-19(9)14;/h2,4-7H,3H2,1H3,(H3-,20,21,22,23);1H. The first kappa shape index (κ1) is 16.0.